The van der Waals surface area contributed by atoms with E-state index in [0.717, 1.165) is 66.8 Å². The van der Waals surface area contributed by atoms with Gasteiger partial charge < -0.3 is 13.7 Å². The Labute approximate surface area is 349 Å². The molecule has 0 aliphatic carbocycles. The molecular formula is C55H34N2O2S. The summed E-state index contributed by atoms with van der Waals surface area (Å²) < 4.78 is 15.4. The highest BCUT2D eigenvalue weighted by atomic mass is 32.1. The monoisotopic (exact) mass is 786 g/mol. The average molecular weight is 787 g/mol. The van der Waals surface area contributed by atoms with Crippen LogP contribution in [0, 0.1) is 0 Å². The SMILES string of the molecule is c1ccc(-c2ccc(N(c3ccc(-c4ccc5c(c4)oc4ccc6nc(-c7ccccc7)oc6c45)cc3)c3cccc(-c4cccc5c4sc4ccccc45)c3)cc2)cc1. The lowest BCUT2D eigenvalue weighted by atomic mass is 10.0. The highest BCUT2D eigenvalue weighted by molar-refractivity contribution is 7.26. The van der Waals surface area contributed by atoms with Crippen LogP contribution in [0.2, 0.25) is 0 Å². The van der Waals surface area contributed by atoms with E-state index in [1.807, 2.05) is 53.8 Å². The maximum absolute atomic E-state index is 6.45. The number of nitrogens with zero attached hydrogens (tertiary/aromatic N) is 2. The van der Waals surface area contributed by atoms with Crippen molar-refractivity contribution in [1.82, 2.24) is 4.98 Å². The first-order valence-electron chi connectivity index (χ1n) is 20.1. The van der Waals surface area contributed by atoms with Crippen molar-refractivity contribution in [3.8, 4) is 44.8 Å². The number of furan rings is 1. The summed E-state index contributed by atoms with van der Waals surface area (Å²) in [4.78, 5) is 7.15. The maximum Gasteiger partial charge on any atom is 0.227 e. The van der Waals surface area contributed by atoms with Crippen molar-refractivity contribution < 1.29 is 8.83 Å². The third-order valence-corrected chi connectivity index (χ3v) is 12.7. The van der Waals surface area contributed by atoms with Crippen LogP contribution in [-0.2, 0) is 0 Å². The van der Waals surface area contributed by atoms with E-state index in [-0.39, 0.29) is 0 Å². The van der Waals surface area contributed by atoms with Gasteiger partial charge in [-0.1, -0.05) is 127 Å². The molecule has 12 aromatic rings. The van der Waals surface area contributed by atoms with Crippen LogP contribution in [-0.4, -0.2) is 4.98 Å². The lowest BCUT2D eigenvalue weighted by Gasteiger charge is -2.26. The smallest absolute Gasteiger partial charge is 0.227 e. The Kier molecular flexibility index (Phi) is 8.00. The van der Waals surface area contributed by atoms with Gasteiger partial charge in [-0.15, -0.1) is 11.3 Å². The second-order valence-electron chi connectivity index (χ2n) is 15.1. The van der Waals surface area contributed by atoms with Gasteiger partial charge >= 0.3 is 0 Å². The van der Waals surface area contributed by atoms with Crippen molar-refractivity contribution in [1.29, 1.82) is 0 Å². The Hall–Kier alpha value is -7.73. The molecule has 0 radical (unpaired) electrons. The first-order chi connectivity index (χ1) is 29.7. The number of fused-ring (bicyclic) bond motifs is 8. The maximum atomic E-state index is 6.45. The summed E-state index contributed by atoms with van der Waals surface area (Å²) in [5.41, 5.74) is 14.3. The van der Waals surface area contributed by atoms with Crippen LogP contribution in [0.5, 0.6) is 0 Å². The summed E-state index contributed by atoms with van der Waals surface area (Å²) in [5.74, 6) is 0.602. The normalized spacial score (nSPS) is 11.7. The molecule has 0 atom stereocenters. The van der Waals surface area contributed by atoms with E-state index < -0.39 is 0 Å². The van der Waals surface area contributed by atoms with Gasteiger partial charge in [-0.3, -0.25) is 0 Å². The molecule has 0 amide bonds. The fraction of sp³-hybridized carbons (Fsp3) is 0. The Morgan fingerprint density at radius 1 is 0.400 bits per heavy atom. The van der Waals surface area contributed by atoms with E-state index in [1.165, 1.54) is 42.4 Å². The van der Waals surface area contributed by atoms with E-state index in [9.17, 15) is 0 Å². The zero-order valence-corrected chi connectivity index (χ0v) is 33.1. The molecule has 3 heterocycles. The summed E-state index contributed by atoms with van der Waals surface area (Å²) in [6.07, 6.45) is 0. The van der Waals surface area contributed by atoms with Gasteiger partial charge in [0.2, 0.25) is 5.89 Å². The Balaban J connectivity index is 0.932. The molecule has 0 bridgehead atoms. The Morgan fingerprint density at radius 3 is 1.82 bits per heavy atom. The molecule has 0 saturated heterocycles. The highest BCUT2D eigenvalue weighted by Gasteiger charge is 2.19. The molecule has 9 aromatic carbocycles. The van der Waals surface area contributed by atoms with Gasteiger partial charge in [0.05, 0.1) is 5.39 Å². The predicted octanol–water partition coefficient (Wildman–Crippen LogP) is 16.2. The van der Waals surface area contributed by atoms with Crippen molar-refractivity contribution in [2.75, 3.05) is 4.90 Å². The summed E-state index contributed by atoms with van der Waals surface area (Å²) in [5, 5.41) is 4.55. The third kappa shape index (κ3) is 5.78. The molecule has 5 heteroatoms. The number of oxazole rings is 1. The lowest BCUT2D eigenvalue weighted by molar-refractivity contribution is 0.622. The Morgan fingerprint density at radius 2 is 1.03 bits per heavy atom. The molecule has 0 aliphatic heterocycles. The summed E-state index contributed by atoms with van der Waals surface area (Å²) in [6, 6.07) is 72.9. The van der Waals surface area contributed by atoms with Crippen molar-refractivity contribution in [3.05, 3.63) is 206 Å². The second kappa shape index (κ2) is 14.0. The number of aromatic nitrogens is 1. The molecule has 0 spiro atoms. The van der Waals surface area contributed by atoms with Crippen LogP contribution in [0.4, 0.5) is 17.1 Å². The first-order valence-corrected chi connectivity index (χ1v) is 20.9. The Bertz CT molecular complexity index is 3530. The molecule has 60 heavy (non-hydrogen) atoms. The standard InChI is InChI=1S/C55H34N2O2S/c1-3-11-35(12-4-1)36-21-26-41(27-22-36)57(43-16-9-15-40(33-43)44-18-10-19-46-45-17-7-8-20-51(45)60-54(44)46)42-28-23-37(24-29-42)39-25-30-47-50(34-39)58-49-32-31-48-53(52(47)49)59-55(56-48)38-13-5-2-6-14-38/h1-34H. The predicted molar refractivity (Wildman–Crippen MR) is 251 cm³/mol. The molecule has 3 aromatic heterocycles. The van der Waals surface area contributed by atoms with Gasteiger partial charge in [-0.2, -0.15) is 0 Å². The van der Waals surface area contributed by atoms with E-state index in [4.69, 9.17) is 13.8 Å². The van der Waals surface area contributed by atoms with Gasteiger partial charge in [0, 0.05) is 48.2 Å². The molecule has 0 aliphatic rings. The van der Waals surface area contributed by atoms with E-state index in [2.05, 4.69) is 169 Å². The van der Waals surface area contributed by atoms with Crippen molar-refractivity contribution in [3.63, 3.8) is 0 Å². The molecule has 0 fully saturated rings. The minimum absolute atomic E-state index is 0.602. The molecule has 0 unspecified atom stereocenters. The van der Waals surface area contributed by atoms with Crippen LogP contribution in [0.15, 0.2) is 215 Å². The topological polar surface area (TPSA) is 42.4 Å². The van der Waals surface area contributed by atoms with Crippen LogP contribution >= 0.6 is 11.3 Å². The zero-order chi connectivity index (χ0) is 39.6. The fourth-order valence-corrected chi connectivity index (χ4v) is 9.84. The molecule has 0 saturated carbocycles. The van der Waals surface area contributed by atoms with Crippen molar-refractivity contribution in [2.45, 2.75) is 0 Å². The van der Waals surface area contributed by atoms with Crippen LogP contribution < -0.4 is 4.90 Å². The minimum atomic E-state index is 0.602. The van der Waals surface area contributed by atoms with Crippen molar-refractivity contribution >= 4 is 81.6 Å². The lowest BCUT2D eigenvalue weighted by Crippen LogP contribution is -2.10. The van der Waals surface area contributed by atoms with Crippen LogP contribution in [0.3, 0.4) is 0 Å². The van der Waals surface area contributed by atoms with Gasteiger partial charge in [-0.25, -0.2) is 4.98 Å². The average Bonchev–Trinajstić information content (AvgIpc) is 4.04. The highest BCUT2D eigenvalue weighted by Crippen LogP contribution is 2.43. The number of hydrogen-bond acceptors (Lipinski definition) is 5. The van der Waals surface area contributed by atoms with Gasteiger partial charge in [0.15, 0.2) is 5.58 Å². The van der Waals surface area contributed by atoms with E-state index in [1.54, 1.807) is 0 Å². The van der Waals surface area contributed by atoms with Crippen LogP contribution in [0.25, 0.3) is 98.0 Å². The number of thiophene rings is 1. The largest absolute Gasteiger partial charge is 0.456 e. The summed E-state index contributed by atoms with van der Waals surface area (Å²) >= 11 is 1.86. The van der Waals surface area contributed by atoms with E-state index in [0.29, 0.717) is 5.89 Å². The molecule has 282 valence electrons. The molecule has 4 nitrogen and oxygen atoms in total. The third-order valence-electron chi connectivity index (χ3n) is 11.5. The quantitative estimate of drug-likeness (QED) is 0.161. The number of rotatable bonds is 7. The second-order valence-corrected chi connectivity index (χ2v) is 16.2. The minimum Gasteiger partial charge on any atom is -0.456 e. The number of hydrogen-bond donors (Lipinski definition) is 0. The number of benzene rings is 9. The van der Waals surface area contributed by atoms with Gasteiger partial charge in [-0.05, 0) is 112 Å². The summed E-state index contributed by atoms with van der Waals surface area (Å²) in [6.45, 7) is 0. The van der Waals surface area contributed by atoms with Gasteiger partial charge in [0.1, 0.15) is 16.7 Å². The molecule has 0 N–H and O–H groups in total. The number of anilines is 3. The van der Waals surface area contributed by atoms with Crippen LogP contribution in [0.1, 0.15) is 0 Å². The molecular weight excluding hydrogens is 753 g/mol. The first kappa shape index (κ1) is 34.3. The van der Waals surface area contributed by atoms with Gasteiger partial charge in [0.25, 0.3) is 0 Å². The van der Waals surface area contributed by atoms with Crippen molar-refractivity contribution in [2.24, 2.45) is 0 Å². The molecule has 12 rings (SSSR count). The fourth-order valence-electron chi connectivity index (χ4n) is 8.60. The summed E-state index contributed by atoms with van der Waals surface area (Å²) in [7, 11) is 0. The zero-order valence-electron chi connectivity index (χ0n) is 32.2. The van der Waals surface area contributed by atoms with E-state index >= 15 is 0 Å².